The molecule has 220 valence electrons. The van der Waals surface area contributed by atoms with Crippen LogP contribution in [0.5, 0.6) is 0 Å². The monoisotopic (exact) mass is 620 g/mol. The molecule has 4 aromatic rings. The van der Waals surface area contributed by atoms with Crippen molar-refractivity contribution in [1.29, 1.82) is 0 Å². The number of aryl methyl sites for hydroxylation is 1. The fourth-order valence-corrected chi connectivity index (χ4v) is 4.95. The quantitative estimate of drug-likeness (QED) is 0.193. The van der Waals surface area contributed by atoms with Crippen LogP contribution in [0.15, 0.2) is 59.7 Å². The number of hydrogen-bond donors (Lipinski definition) is 4. The Morgan fingerprint density at radius 2 is 1.72 bits per heavy atom. The maximum absolute atomic E-state index is 13.0. The van der Waals surface area contributed by atoms with Crippen molar-refractivity contribution in [3.05, 3.63) is 91.9 Å². The number of benzene rings is 2. The molecule has 0 saturated heterocycles. The van der Waals surface area contributed by atoms with Gasteiger partial charge < -0.3 is 21.1 Å². The largest absolute Gasteiger partial charge is 0.478 e. The summed E-state index contributed by atoms with van der Waals surface area (Å²) in [6.07, 6.45) is 4.44. The Kier molecular flexibility index (Phi) is 8.47. The Balaban J connectivity index is 1.51. The number of nitrogens with zero attached hydrogens (tertiary/aromatic N) is 3. The number of pyridine rings is 1. The van der Waals surface area contributed by atoms with Crippen LogP contribution in [0.4, 0.5) is 16.2 Å². The molecule has 0 bridgehead atoms. The van der Waals surface area contributed by atoms with E-state index < -0.39 is 17.6 Å². The second-order valence-corrected chi connectivity index (χ2v) is 10.8. The molecule has 4 N–H and O–H groups in total. The van der Waals surface area contributed by atoms with E-state index in [1.807, 2.05) is 0 Å². The third-order valence-electron chi connectivity index (χ3n) is 6.90. The number of aromatic nitrogens is 3. The molecular weight excluding hydrogens is 595 g/mol. The first-order valence-corrected chi connectivity index (χ1v) is 14.1. The molecule has 5 rings (SSSR count). The first-order chi connectivity index (χ1) is 20.5. The van der Waals surface area contributed by atoms with Gasteiger partial charge in [-0.2, -0.15) is 5.10 Å². The number of carboxylic acids is 1. The van der Waals surface area contributed by atoms with E-state index in [1.54, 1.807) is 44.2 Å². The highest BCUT2D eigenvalue weighted by Crippen LogP contribution is 2.32. The summed E-state index contributed by atoms with van der Waals surface area (Å²) in [5.41, 5.74) is 2.50. The van der Waals surface area contributed by atoms with Crippen LogP contribution in [0.3, 0.4) is 0 Å². The molecule has 11 nitrogen and oxygen atoms in total. The third kappa shape index (κ3) is 6.52. The van der Waals surface area contributed by atoms with Gasteiger partial charge >= 0.3 is 12.0 Å². The molecule has 1 fully saturated rings. The smallest absolute Gasteiger partial charge is 0.335 e. The highest BCUT2D eigenvalue weighted by Gasteiger charge is 2.25. The number of hydrogen-bond acceptors (Lipinski definition) is 6. The topological polar surface area (TPSA) is 155 Å². The summed E-state index contributed by atoms with van der Waals surface area (Å²) in [6, 6.07) is 11.0. The molecule has 43 heavy (non-hydrogen) atoms. The van der Waals surface area contributed by atoms with Crippen molar-refractivity contribution in [2.24, 2.45) is 0 Å². The Labute approximate surface area is 255 Å². The summed E-state index contributed by atoms with van der Waals surface area (Å²) < 4.78 is 1.21. The van der Waals surface area contributed by atoms with E-state index in [9.17, 15) is 24.3 Å². The predicted molar refractivity (Wildman–Crippen MR) is 164 cm³/mol. The van der Waals surface area contributed by atoms with E-state index in [2.05, 4.69) is 26.0 Å². The lowest BCUT2D eigenvalue weighted by Crippen LogP contribution is -2.29. The summed E-state index contributed by atoms with van der Waals surface area (Å²) in [7, 11) is 0. The molecule has 0 unspecified atom stereocenters. The standard InChI is InChI=1S/C30H26Cl2N6O5/c1-3-38-28(40)25(35-30(43)36-26-22(31)13-33-14-23(26)32)12-24(37-38)17-6-4-5-16(9-17)20-10-18(27(39)34-19-7-8-19)11-21(15(20)2)29(41)42/h4-6,9-14,19H,3,7-8H2,1-2H3,(H,34,39)(H,41,42)(H2,33,35,36,43). The van der Waals surface area contributed by atoms with Crippen LogP contribution in [-0.4, -0.2) is 43.8 Å². The zero-order chi connectivity index (χ0) is 30.8. The average molecular weight is 621 g/mol. The number of halogens is 2. The Morgan fingerprint density at radius 1 is 1.02 bits per heavy atom. The molecule has 0 aliphatic heterocycles. The average Bonchev–Trinajstić information content (AvgIpc) is 3.80. The first kappa shape index (κ1) is 29.7. The summed E-state index contributed by atoms with van der Waals surface area (Å²) in [5, 5.41) is 22.5. The number of amides is 3. The van der Waals surface area contributed by atoms with Crippen LogP contribution in [-0.2, 0) is 6.54 Å². The summed E-state index contributed by atoms with van der Waals surface area (Å²) in [6.45, 7) is 3.65. The van der Waals surface area contributed by atoms with Gasteiger partial charge in [0.2, 0.25) is 0 Å². The van der Waals surface area contributed by atoms with Crippen molar-refractivity contribution in [3.8, 4) is 22.4 Å². The van der Waals surface area contributed by atoms with Crippen LogP contribution < -0.4 is 21.5 Å². The van der Waals surface area contributed by atoms with Gasteiger partial charge in [0, 0.05) is 36.1 Å². The van der Waals surface area contributed by atoms with Gasteiger partial charge in [0.05, 0.1) is 27.0 Å². The zero-order valence-electron chi connectivity index (χ0n) is 23.1. The molecule has 2 heterocycles. The number of anilines is 2. The number of nitrogens with one attached hydrogen (secondary N) is 3. The SMILES string of the molecule is CCn1nc(-c2cccc(-c3cc(C(=O)NC4CC4)cc(C(=O)O)c3C)c2)cc(NC(=O)Nc2c(Cl)cncc2Cl)c1=O. The van der Waals surface area contributed by atoms with Crippen molar-refractivity contribution in [1.82, 2.24) is 20.1 Å². The van der Waals surface area contributed by atoms with Crippen LogP contribution >= 0.6 is 23.2 Å². The molecule has 2 aromatic carbocycles. The lowest BCUT2D eigenvalue weighted by molar-refractivity contribution is 0.0696. The van der Waals surface area contributed by atoms with E-state index in [0.29, 0.717) is 27.9 Å². The maximum atomic E-state index is 13.0. The number of carbonyl (C=O) groups is 3. The fourth-order valence-electron chi connectivity index (χ4n) is 4.49. The second kappa shape index (κ2) is 12.2. The van der Waals surface area contributed by atoms with Crippen molar-refractivity contribution in [2.75, 3.05) is 10.6 Å². The summed E-state index contributed by atoms with van der Waals surface area (Å²) >= 11 is 12.2. The molecule has 0 atom stereocenters. The molecule has 2 aromatic heterocycles. The molecule has 0 spiro atoms. The minimum atomic E-state index is -1.14. The van der Waals surface area contributed by atoms with Crippen LogP contribution in [0, 0.1) is 6.92 Å². The van der Waals surface area contributed by atoms with Gasteiger partial charge in [0.1, 0.15) is 5.69 Å². The van der Waals surface area contributed by atoms with Crippen LogP contribution in [0.25, 0.3) is 22.4 Å². The van der Waals surface area contributed by atoms with Gasteiger partial charge in [-0.1, -0.05) is 41.4 Å². The van der Waals surface area contributed by atoms with E-state index in [-0.39, 0.29) is 51.0 Å². The first-order valence-electron chi connectivity index (χ1n) is 13.3. The van der Waals surface area contributed by atoms with Gasteiger partial charge in [-0.3, -0.25) is 14.6 Å². The fraction of sp³-hybridized carbons (Fsp3) is 0.200. The lowest BCUT2D eigenvalue weighted by Gasteiger charge is -2.15. The Bertz CT molecular complexity index is 1820. The highest BCUT2D eigenvalue weighted by atomic mass is 35.5. The number of rotatable bonds is 8. The Morgan fingerprint density at radius 3 is 2.37 bits per heavy atom. The van der Waals surface area contributed by atoms with Gasteiger partial charge in [0.25, 0.3) is 11.5 Å². The van der Waals surface area contributed by atoms with Gasteiger partial charge in [-0.25, -0.2) is 14.3 Å². The second-order valence-electron chi connectivity index (χ2n) is 9.95. The molecular formula is C30H26Cl2N6O5. The zero-order valence-corrected chi connectivity index (χ0v) is 24.6. The van der Waals surface area contributed by atoms with E-state index >= 15 is 0 Å². The maximum Gasteiger partial charge on any atom is 0.335 e. The molecule has 0 radical (unpaired) electrons. The lowest BCUT2D eigenvalue weighted by atomic mass is 9.92. The van der Waals surface area contributed by atoms with Crippen LogP contribution in [0.1, 0.15) is 46.0 Å². The van der Waals surface area contributed by atoms with Gasteiger partial charge in [0.15, 0.2) is 0 Å². The summed E-state index contributed by atoms with van der Waals surface area (Å²) in [4.78, 5) is 54.6. The number of carbonyl (C=O) groups excluding carboxylic acids is 2. The molecule has 1 aliphatic rings. The minimum Gasteiger partial charge on any atom is -0.478 e. The van der Waals surface area contributed by atoms with Gasteiger partial charge in [-0.05, 0) is 67.6 Å². The minimum absolute atomic E-state index is 0.0217. The number of urea groups is 1. The normalized spacial score (nSPS) is 12.5. The molecule has 13 heteroatoms. The Hall–Kier alpha value is -4.74. The molecule has 1 saturated carbocycles. The predicted octanol–water partition coefficient (Wildman–Crippen LogP) is 5.84. The number of carboxylic acid groups (broad SMARTS) is 1. The van der Waals surface area contributed by atoms with E-state index in [1.165, 1.54) is 29.2 Å². The van der Waals surface area contributed by atoms with E-state index in [4.69, 9.17) is 23.2 Å². The van der Waals surface area contributed by atoms with E-state index in [0.717, 1.165) is 12.8 Å². The van der Waals surface area contributed by atoms with Gasteiger partial charge in [-0.15, -0.1) is 0 Å². The van der Waals surface area contributed by atoms with Crippen molar-refractivity contribution in [2.45, 2.75) is 39.3 Å². The van der Waals surface area contributed by atoms with Crippen molar-refractivity contribution < 1.29 is 19.5 Å². The molecule has 1 aliphatic carbocycles. The highest BCUT2D eigenvalue weighted by molar-refractivity contribution is 6.39. The molecule has 3 amide bonds. The third-order valence-corrected chi connectivity index (χ3v) is 7.47. The van der Waals surface area contributed by atoms with Crippen molar-refractivity contribution in [3.63, 3.8) is 0 Å². The van der Waals surface area contributed by atoms with Crippen molar-refractivity contribution >= 4 is 52.5 Å². The van der Waals surface area contributed by atoms with Crippen LogP contribution in [0.2, 0.25) is 10.0 Å². The summed E-state index contributed by atoms with van der Waals surface area (Å²) in [5.74, 6) is -1.47. The number of aromatic carboxylic acids is 1.